The normalized spacial score (nSPS) is 16.3. The molecule has 0 N–H and O–H groups in total. The number of amides is 1. The second kappa shape index (κ2) is 9.72. The summed E-state index contributed by atoms with van der Waals surface area (Å²) in [6.45, 7) is 2.07. The first-order valence-corrected chi connectivity index (χ1v) is 11.8. The van der Waals surface area contributed by atoms with Crippen molar-refractivity contribution in [1.82, 2.24) is 4.57 Å². The fourth-order valence-corrected chi connectivity index (χ4v) is 5.06. The Kier molecular flexibility index (Phi) is 6.77. The molecule has 1 heterocycles. The van der Waals surface area contributed by atoms with Crippen molar-refractivity contribution in [3.8, 4) is 5.75 Å². The third-order valence-corrected chi connectivity index (χ3v) is 6.79. The number of fused-ring (bicyclic) bond motifs is 1. The van der Waals surface area contributed by atoms with E-state index in [-0.39, 0.29) is 17.0 Å². The zero-order valence-corrected chi connectivity index (χ0v) is 19.1. The van der Waals surface area contributed by atoms with Crippen LogP contribution in [0.4, 0.5) is 5.69 Å². The Hall–Kier alpha value is -2.89. The molecule has 1 saturated carbocycles. The summed E-state index contributed by atoms with van der Waals surface area (Å²) in [5, 5.41) is 0. The number of aryl methyl sites for hydroxylation is 1. The molecule has 0 saturated heterocycles. The van der Waals surface area contributed by atoms with Crippen LogP contribution in [-0.4, -0.2) is 23.5 Å². The van der Waals surface area contributed by atoms with Crippen LogP contribution in [0, 0.1) is 5.92 Å². The topological polar surface area (TPSA) is 68.6 Å². The van der Waals surface area contributed by atoms with Crippen LogP contribution in [0.3, 0.4) is 0 Å². The van der Waals surface area contributed by atoms with Crippen molar-refractivity contribution < 1.29 is 14.3 Å². The van der Waals surface area contributed by atoms with Crippen molar-refractivity contribution in [2.24, 2.45) is 5.92 Å². The summed E-state index contributed by atoms with van der Waals surface area (Å²) in [5.41, 5.74) is 3.00. The number of anilines is 1. The number of nitrogens with zero attached hydrogens (tertiary/aromatic N) is 2. The second-order valence-corrected chi connectivity index (χ2v) is 9.11. The summed E-state index contributed by atoms with van der Waals surface area (Å²) in [6.07, 6.45) is 10.1. The minimum atomic E-state index is -0.394. The Labute approximate surface area is 189 Å². The van der Waals surface area contributed by atoms with E-state index in [0.717, 1.165) is 56.3 Å². The molecule has 0 spiro atoms. The Balaban J connectivity index is 1.64. The average Bonchev–Trinajstić information content (AvgIpc) is 2.80. The highest BCUT2D eigenvalue weighted by molar-refractivity contribution is 6.05. The molecular formula is C26H32N2O4. The van der Waals surface area contributed by atoms with Gasteiger partial charge in [-0.25, -0.2) is 0 Å². The first kappa shape index (κ1) is 22.3. The molecule has 1 aromatic carbocycles. The summed E-state index contributed by atoms with van der Waals surface area (Å²) in [6, 6.07) is 8.56. The fourth-order valence-electron chi connectivity index (χ4n) is 5.06. The first-order valence-electron chi connectivity index (χ1n) is 11.8. The van der Waals surface area contributed by atoms with Crippen LogP contribution >= 0.6 is 0 Å². The van der Waals surface area contributed by atoms with Crippen molar-refractivity contribution in [2.75, 3.05) is 11.9 Å². The lowest BCUT2D eigenvalue weighted by atomic mass is 9.88. The van der Waals surface area contributed by atoms with Gasteiger partial charge in [-0.2, -0.15) is 0 Å². The van der Waals surface area contributed by atoms with Crippen LogP contribution in [-0.2, 0) is 24.2 Å². The lowest BCUT2D eigenvalue weighted by Crippen LogP contribution is -2.38. The molecule has 1 fully saturated rings. The highest BCUT2D eigenvalue weighted by Crippen LogP contribution is 2.28. The number of aromatic nitrogens is 1. The minimum Gasteiger partial charge on any atom is -0.427 e. The van der Waals surface area contributed by atoms with E-state index in [2.05, 4.69) is 0 Å². The molecule has 6 nitrogen and oxygen atoms in total. The Bertz CT molecular complexity index is 1050. The van der Waals surface area contributed by atoms with Gasteiger partial charge in [-0.3, -0.25) is 14.4 Å². The Morgan fingerprint density at radius 1 is 1.03 bits per heavy atom. The number of hydrogen-bond donors (Lipinski definition) is 0. The smallest absolute Gasteiger partial charge is 0.308 e. The van der Waals surface area contributed by atoms with Gasteiger partial charge in [0.15, 0.2) is 0 Å². The van der Waals surface area contributed by atoms with E-state index in [1.807, 2.05) is 10.6 Å². The van der Waals surface area contributed by atoms with Gasteiger partial charge in [0.1, 0.15) is 11.3 Å². The van der Waals surface area contributed by atoms with E-state index in [1.54, 1.807) is 31.3 Å². The van der Waals surface area contributed by atoms with Gasteiger partial charge in [-0.1, -0.05) is 19.3 Å². The summed E-state index contributed by atoms with van der Waals surface area (Å²) >= 11 is 0. The fraction of sp³-hybridized carbons (Fsp3) is 0.500. The van der Waals surface area contributed by atoms with E-state index in [0.29, 0.717) is 17.4 Å². The Morgan fingerprint density at radius 2 is 1.72 bits per heavy atom. The maximum absolute atomic E-state index is 13.5. The van der Waals surface area contributed by atoms with Crippen LogP contribution in [0.2, 0.25) is 0 Å². The number of hydrogen-bond acceptors (Lipinski definition) is 4. The number of esters is 1. The van der Waals surface area contributed by atoms with Gasteiger partial charge in [-0.15, -0.1) is 0 Å². The lowest BCUT2D eigenvalue weighted by Gasteiger charge is -2.28. The molecule has 1 aromatic heterocycles. The van der Waals surface area contributed by atoms with Crippen LogP contribution in [0.15, 0.2) is 35.1 Å². The third kappa shape index (κ3) is 4.79. The molecule has 1 amide bonds. The van der Waals surface area contributed by atoms with E-state index >= 15 is 0 Å². The van der Waals surface area contributed by atoms with Gasteiger partial charge in [0.05, 0.1) is 0 Å². The van der Waals surface area contributed by atoms with E-state index in [4.69, 9.17) is 4.74 Å². The standard InChI is InChI=1S/C26H32N2O4/c1-18(29)32-22-14-12-21(13-15-22)27(2)25(30)23-16-20-10-6-7-11-24(20)28(26(23)31)17-19-8-4-3-5-9-19/h12-16,19H,3-11,17H2,1-2H3. The Morgan fingerprint density at radius 3 is 2.41 bits per heavy atom. The number of carbonyl (C=O) groups excluding carboxylic acids is 2. The maximum Gasteiger partial charge on any atom is 0.308 e. The van der Waals surface area contributed by atoms with Gasteiger partial charge < -0.3 is 14.2 Å². The van der Waals surface area contributed by atoms with Gasteiger partial charge >= 0.3 is 5.97 Å². The molecule has 2 aliphatic rings. The summed E-state index contributed by atoms with van der Waals surface area (Å²) in [7, 11) is 1.67. The van der Waals surface area contributed by atoms with Crippen molar-refractivity contribution in [3.63, 3.8) is 0 Å². The van der Waals surface area contributed by atoms with Gasteiger partial charge in [0, 0.05) is 31.9 Å². The van der Waals surface area contributed by atoms with Crippen molar-refractivity contribution in [1.29, 1.82) is 0 Å². The van der Waals surface area contributed by atoms with Crippen molar-refractivity contribution in [3.05, 3.63) is 57.5 Å². The number of carbonyl (C=O) groups is 2. The van der Waals surface area contributed by atoms with Gasteiger partial charge in [-0.05, 0) is 80.3 Å². The van der Waals surface area contributed by atoms with E-state index in [9.17, 15) is 14.4 Å². The summed E-state index contributed by atoms with van der Waals surface area (Å²) in [4.78, 5) is 39.5. The monoisotopic (exact) mass is 436 g/mol. The molecule has 6 heteroatoms. The number of ether oxygens (including phenoxy) is 1. The molecule has 2 aliphatic carbocycles. The van der Waals surface area contributed by atoms with Crippen LogP contribution in [0.25, 0.3) is 0 Å². The summed E-state index contributed by atoms with van der Waals surface area (Å²) in [5.74, 6) is 0.242. The molecule has 0 unspecified atom stereocenters. The molecule has 4 rings (SSSR count). The predicted octanol–water partition coefficient (Wildman–Crippen LogP) is 4.51. The van der Waals surface area contributed by atoms with Gasteiger partial charge in [0.25, 0.3) is 11.5 Å². The van der Waals surface area contributed by atoms with Gasteiger partial charge in [0.2, 0.25) is 0 Å². The molecule has 2 aromatic rings. The average molecular weight is 437 g/mol. The molecule has 0 atom stereocenters. The zero-order valence-electron chi connectivity index (χ0n) is 19.1. The number of pyridine rings is 1. The van der Waals surface area contributed by atoms with E-state index in [1.165, 1.54) is 31.1 Å². The van der Waals surface area contributed by atoms with Crippen LogP contribution in [0.1, 0.15) is 73.5 Å². The quantitative estimate of drug-likeness (QED) is 0.511. The molecule has 0 bridgehead atoms. The van der Waals surface area contributed by atoms with Crippen molar-refractivity contribution in [2.45, 2.75) is 71.3 Å². The zero-order chi connectivity index (χ0) is 22.7. The molecule has 32 heavy (non-hydrogen) atoms. The van der Waals surface area contributed by atoms with E-state index < -0.39 is 5.97 Å². The van der Waals surface area contributed by atoms with Crippen LogP contribution in [0.5, 0.6) is 5.75 Å². The summed E-state index contributed by atoms with van der Waals surface area (Å²) < 4.78 is 6.99. The predicted molar refractivity (Wildman–Crippen MR) is 124 cm³/mol. The first-order chi connectivity index (χ1) is 15.4. The highest BCUT2D eigenvalue weighted by atomic mass is 16.5. The number of benzene rings is 1. The molecule has 0 aliphatic heterocycles. The molecule has 0 radical (unpaired) electrons. The lowest BCUT2D eigenvalue weighted by molar-refractivity contribution is -0.131. The molecular weight excluding hydrogens is 404 g/mol. The minimum absolute atomic E-state index is 0.162. The van der Waals surface area contributed by atoms with Crippen molar-refractivity contribution >= 4 is 17.6 Å². The van der Waals surface area contributed by atoms with Crippen LogP contribution < -0.4 is 15.2 Å². The number of rotatable bonds is 5. The third-order valence-electron chi connectivity index (χ3n) is 6.79. The highest BCUT2D eigenvalue weighted by Gasteiger charge is 2.25. The maximum atomic E-state index is 13.5. The second-order valence-electron chi connectivity index (χ2n) is 9.11. The molecule has 170 valence electrons. The largest absolute Gasteiger partial charge is 0.427 e. The SMILES string of the molecule is CC(=O)Oc1ccc(N(C)C(=O)c2cc3c(n(CC4CCCCC4)c2=O)CCCC3)cc1.